The number of halogens is 1. The highest BCUT2D eigenvalue weighted by atomic mass is 19.1. The Bertz CT molecular complexity index is 456. The maximum atomic E-state index is 13.2. The van der Waals surface area contributed by atoms with Gasteiger partial charge in [-0.05, 0) is 55.4 Å². The first-order valence-electron chi connectivity index (χ1n) is 7.86. The summed E-state index contributed by atoms with van der Waals surface area (Å²) in [6.45, 7) is 12.0. The van der Waals surface area contributed by atoms with E-state index in [2.05, 4.69) is 27.7 Å². The van der Waals surface area contributed by atoms with Gasteiger partial charge in [0.05, 0.1) is 0 Å². The van der Waals surface area contributed by atoms with Crippen LogP contribution in [-0.2, 0) is 0 Å². The molecule has 3 heteroatoms. The summed E-state index contributed by atoms with van der Waals surface area (Å²) in [6.07, 6.45) is 1.98. The van der Waals surface area contributed by atoms with Crippen molar-refractivity contribution < 1.29 is 9.18 Å². The topological polar surface area (TPSA) is 20.3 Å². The van der Waals surface area contributed by atoms with Crippen LogP contribution in [0.4, 0.5) is 4.39 Å². The molecular formula is C18H28FNO. The van der Waals surface area contributed by atoms with Gasteiger partial charge in [-0.2, -0.15) is 0 Å². The van der Waals surface area contributed by atoms with Crippen molar-refractivity contribution in [3.05, 3.63) is 35.1 Å². The summed E-state index contributed by atoms with van der Waals surface area (Å²) >= 11 is 0. The number of hydrogen-bond donors (Lipinski definition) is 0. The van der Waals surface area contributed by atoms with Gasteiger partial charge in [-0.3, -0.25) is 4.79 Å². The van der Waals surface area contributed by atoms with Crippen LogP contribution in [0.2, 0.25) is 0 Å². The van der Waals surface area contributed by atoms with E-state index >= 15 is 0 Å². The summed E-state index contributed by atoms with van der Waals surface area (Å²) in [6, 6.07) is 4.39. The lowest BCUT2D eigenvalue weighted by atomic mass is 10.0. The number of benzene rings is 1. The Morgan fingerprint density at radius 1 is 1.10 bits per heavy atom. The fourth-order valence-electron chi connectivity index (χ4n) is 2.18. The molecule has 0 heterocycles. The fraction of sp³-hybridized carbons (Fsp3) is 0.611. The summed E-state index contributed by atoms with van der Waals surface area (Å²) in [5.41, 5.74) is 1.32. The molecule has 0 aromatic heterocycles. The van der Waals surface area contributed by atoms with Gasteiger partial charge >= 0.3 is 0 Å². The predicted molar refractivity (Wildman–Crippen MR) is 86.0 cm³/mol. The van der Waals surface area contributed by atoms with Gasteiger partial charge in [-0.15, -0.1) is 0 Å². The standard InChI is InChI=1S/C18H28FNO/c1-13(2)8-10-20(11-9-14(3)4)18(21)17-7-6-16(19)12-15(17)5/h6-7,12-14H,8-11H2,1-5H3. The molecule has 0 fully saturated rings. The lowest BCUT2D eigenvalue weighted by Gasteiger charge is -2.25. The maximum absolute atomic E-state index is 13.2. The Balaban J connectivity index is 2.86. The van der Waals surface area contributed by atoms with E-state index in [0.717, 1.165) is 25.9 Å². The minimum atomic E-state index is -0.292. The van der Waals surface area contributed by atoms with Crippen molar-refractivity contribution in [1.29, 1.82) is 0 Å². The van der Waals surface area contributed by atoms with Crippen LogP contribution in [0, 0.1) is 24.6 Å². The molecule has 0 aliphatic carbocycles. The van der Waals surface area contributed by atoms with E-state index in [1.165, 1.54) is 12.1 Å². The number of nitrogens with zero attached hydrogens (tertiary/aromatic N) is 1. The Hall–Kier alpha value is -1.38. The molecule has 0 saturated heterocycles. The van der Waals surface area contributed by atoms with Gasteiger partial charge in [0.1, 0.15) is 5.82 Å². The molecular weight excluding hydrogens is 265 g/mol. The number of amides is 1. The zero-order valence-corrected chi connectivity index (χ0v) is 13.9. The van der Waals surface area contributed by atoms with Gasteiger partial charge in [0, 0.05) is 18.7 Å². The van der Waals surface area contributed by atoms with Crippen LogP contribution in [0.25, 0.3) is 0 Å². The molecule has 0 aliphatic rings. The number of hydrogen-bond acceptors (Lipinski definition) is 1. The molecule has 0 N–H and O–H groups in total. The third-order valence-corrected chi connectivity index (χ3v) is 3.66. The molecule has 0 saturated carbocycles. The first kappa shape index (κ1) is 17.7. The molecule has 1 rings (SSSR count). The molecule has 21 heavy (non-hydrogen) atoms. The van der Waals surface area contributed by atoms with Gasteiger partial charge in [-0.25, -0.2) is 4.39 Å². The SMILES string of the molecule is Cc1cc(F)ccc1C(=O)N(CCC(C)C)CCC(C)C. The van der Waals surface area contributed by atoms with E-state index in [-0.39, 0.29) is 11.7 Å². The Morgan fingerprint density at radius 2 is 1.62 bits per heavy atom. The minimum Gasteiger partial charge on any atom is -0.339 e. The van der Waals surface area contributed by atoms with Crippen LogP contribution < -0.4 is 0 Å². The third kappa shape index (κ3) is 5.86. The summed E-state index contributed by atoms with van der Waals surface area (Å²) in [7, 11) is 0. The normalized spacial score (nSPS) is 11.2. The van der Waals surface area contributed by atoms with Crippen LogP contribution in [0.5, 0.6) is 0 Å². The number of carbonyl (C=O) groups is 1. The summed E-state index contributed by atoms with van der Waals surface area (Å²) in [5, 5.41) is 0. The Kier molecular flexibility index (Phi) is 6.86. The van der Waals surface area contributed by atoms with E-state index in [0.29, 0.717) is 23.0 Å². The second-order valence-corrected chi connectivity index (χ2v) is 6.62. The molecule has 118 valence electrons. The second-order valence-electron chi connectivity index (χ2n) is 6.62. The number of aryl methyl sites for hydroxylation is 1. The van der Waals surface area contributed by atoms with E-state index in [1.807, 2.05) is 4.90 Å². The van der Waals surface area contributed by atoms with Crippen molar-refractivity contribution in [1.82, 2.24) is 4.90 Å². The quantitative estimate of drug-likeness (QED) is 0.715. The van der Waals surface area contributed by atoms with E-state index in [9.17, 15) is 9.18 Å². The highest BCUT2D eigenvalue weighted by Crippen LogP contribution is 2.15. The number of carbonyl (C=O) groups excluding carboxylic acids is 1. The molecule has 0 radical (unpaired) electrons. The second kappa shape index (κ2) is 8.16. The molecule has 0 unspecified atom stereocenters. The zero-order valence-electron chi connectivity index (χ0n) is 13.9. The molecule has 0 atom stereocenters. The highest BCUT2D eigenvalue weighted by Gasteiger charge is 2.18. The summed E-state index contributed by atoms with van der Waals surface area (Å²) in [5.74, 6) is 0.857. The lowest BCUT2D eigenvalue weighted by Crippen LogP contribution is -2.34. The Labute approximate surface area is 128 Å². The van der Waals surface area contributed by atoms with Gasteiger partial charge < -0.3 is 4.90 Å². The zero-order chi connectivity index (χ0) is 16.0. The monoisotopic (exact) mass is 293 g/mol. The van der Waals surface area contributed by atoms with Crippen LogP contribution >= 0.6 is 0 Å². The number of rotatable bonds is 7. The van der Waals surface area contributed by atoms with Crippen LogP contribution in [0.1, 0.15) is 56.5 Å². The van der Waals surface area contributed by atoms with Gasteiger partial charge in [0.25, 0.3) is 5.91 Å². The minimum absolute atomic E-state index is 0.0220. The molecule has 0 spiro atoms. The highest BCUT2D eigenvalue weighted by molar-refractivity contribution is 5.95. The van der Waals surface area contributed by atoms with Crippen molar-refractivity contribution in [2.45, 2.75) is 47.5 Å². The van der Waals surface area contributed by atoms with Crippen molar-refractivity contribution in [3.63, 3.8) is 0 Å². The fourth-order valence-corrected chi connectivity index (χ4v) is 2.18. The van der Waals surface area contributed by atoms with E-state index < -0.39 is 0 Å². The molecule has 0 bridgehead atoms. The molecule has 2 nitrogen and oxygen atoms in total. The first-order chi connectivity index (χ1) is 9.81. The lowest BCUT2D eigenvalue weighted by molar-refractivity contribution is 0.0740. The average molecular weight is 293 g/mol. The van der Waals surface area contributed by atoms with Crippen LogP contribution in [0.15, 0.2) is 18.2 Å². The van der Waals surface area contributed by atoms with Gasteiger partial charge in [0.2, 0.25) is 0 Å². The van der Waals surface area contributed by atoms with Crippen LogP contribution in [-0.4, -0.2) is 23.9 Å². The van der Waals surface area contributed by atoms with Crippen molar-refractivity contribution in [2.24, 2.45) is 11.8 Å². The van der Waals surface area contributed by atoms with Crippen molar-refractivity contribution in [3.8, 4) is 0 Å². The van der Waals surface area contributed by atoms with Gasteiger partial charge in [-0.1, -0.05) is 27.7 Å². The predicted octanol–water partition coefficient (Wildman–Crippen LogP) is 4.67. The van der Waals surface area contributed by atoms with Gasteiger partial charge in [0.15, 0.2) is 0 Å². The van der Waals surface area contributed by atoms with E-state index in [1.54, 1.807) is 13.0 Å². The van der Waals surface area contributed by atoms with Crippen molar-refractivity contribution >= 4 is 5.91 Å². The average Bonchev–Trinajstić information content (AvgIpc) is 2.37. The summed E-state index contributed by atoms with van der Waals surface area (Å²) < 4.78 is 13.2. The third-order valence-electron chi connectivity index (χ3n) is 3.66. The molecule has 1 amide bonds. The molecule has 0 aliphatic heterocycles. The summed E-state index contributed by atoms with van der Waals surface area (Å²) in [4.78, 5) is 14.6. The van der Waals surface area contributed by atoms with E-state index in [4.69, 9.17) is 0 Å². The molecule has 1 aromatic carbocycles. The van der Waals surface area contributed by atoms with Crippen LogP contribution in [0.3, 0.4) is 0 Å². The first-order valence-corrected chi connectivity index (χ1v) is 7.86. The van der Waals surface area contributed by atoms with Crippen molar-refractivity contribution in [2.75, 3.05) is 13.1 Å². The Morgan fingerprint density at radius 3 is 2.05 bits per heavy atom. The maximum Gasteiger partial charge on any atom is 0.254 e. The largest absolute Gasteiger partial charge is 0.339 e. The smallest absolute Gasteiger partial charge is 0.254 e. The molecule has 1 aromatic rings.